The first-order chi connectivity index (χ1) is 8.19. The number of aromatic nitrogens is 1. The molecule has 18 heavy (non-hydrogen) atoms. The molecule has 2 heterocycles. The predicted molar refractivity (Wildman–Crippen MR) is 76.2 cm³/mol. The standard InChI is InChI=1S/C13H23N3OS/c1-9(14)10-6-15-11(18-10)16-7-12(2,3)17-13(4,5)8-16/h6,9H,7-8,14H2,1-5H3. The van der Waals surface area contributed by atoms with E-state index in [2.05, 4.69) is 37.6 Å². The van der Waals surface area contributed by atoms with Crippen LogP contribution >= 0.6 is 11.3 Å². The van der Waals surface area contributed by atoms with Crippen LogP contribution in [0, 0.1) is 0 Å². The Morgan fingerprint density at radius 2 is 1.89 bits per heavy atom. The molecule has 0 aromatic carbocycles. The van der Waals surface area contributed by atoms with Gasteiger partial charge in [0.2, 0.25) is 0 Å². The third-order valence-corrected chi connectivity index (χ3v) is 4.19. The van der Waals surface area contributed by atoms with E-state index < -0.39 is 0 Å². The topological polar surface area (TPSA) is 51.4 Å². The number of rotatable bonds is 2. The molecule has 2 N–H and O–H groups in total. The molecular formula is C13H23N3OS. The van der Waals surface area contributed by atoms with Crippen molar-refractivity contribution in [1.82, 2.24) is 4.98 Å². The van der Waals surface area contributed by atoms with Crippen LogP contribution in [0.25, 0.3) is 0 Å². The molecule has 1 unspecified atom stereocenters. The van der Waals surface area contributed by atoms with Gasteiger partial charge in [-0.15, -0.1) is 11.3 Å². The lowest BCUT2D eigenvalue weighted by atomic mass is 9.99. The minimum absolute atomic E-state index is 0.0540. The second-order valence-corrected chi connectivity index (χ2v) is 7.35. The Balaban J connectivity index is 2.21. The van der Waals surface area contributed by atoms with E-state index in [-0.39, 0.29) is 17.2 Å². The van der Waals surface area contributed by atoms with Crippen molar-refractivity contribution in [1.29, 1.82) is 0 Å². The molecule has 1 aliphatic rings. The lowest BCUT2D eigenvalue weighted by Gasteiger charge is -2.47. The van der Waals surface area contributed by atoms with E-state index in [0.717, 1.165) is 23.1 Å². The van der Waals surface area contributed by atoms with Gasteiger partial charge < -0.3 is 15.4 Å². The van der Waals surface area contributed by atoms with Crippen LogP contribution in [0.1, 0.15) is 45.5 Å². The van der Waals surface area contributed by atoms with Gasteiger partial charge in [-0.25, -0.2) is 4.98 Å². The van der Waals surface area contributed by atoms with E-state index in [1.165, 1.54) is 0 Å². The number of morpholine rings is 1. The lowest BCUT2D eigenvalue weighted by molar-refractivity contribution is -0.133. The van der Waals surface area contributed by atoms with E-state index in [4.69, 9.17) is 10.5 Å². The molecule has 2 rings (SSSR count). The number of hydrogen-bond donors (Lipinski definition) is 1. The summed E-state index contributed by atoms with van der Waals surface area (Å²) in [4.78, 5) is 7.94. The molecule has 1 aromatic heterocycles. The van der Waals surface area contributed by atoms with Crippen LogP contribution < -0.4 is 10.6 Å². The maximum absolute atomic E-state index is 6.08. The van der Waals surface area contributed by atoms with Crippen LogP contribution in [-0.4, -0.2) is 29.3 Å². The highest BCUT2D eigenvalue weighted by atomic mass is 32.1. The fourth-order valence-electron chi connectivity index (χ4n) is 2.56. The molecule has 5 heteroatoms. The number of nitrogens with zero attached hydrogens (tertiary/aromatic N) is 2. The summed E-state index contributed by atoms with van der Waals surface area (Å²) < 4.78 is 6.08. The molecule has 1 atom stereocenters. The largest absolute Gasteiger partial charge is 0.366 e. The first-order valence-electron chi connectivity index (χ1n) is 6.35. The monoisotopic (exact) mass is 269 g/mol. The molecule has 1 saturated heterocycles. The lowest BCUT2D eigenvalue weighted by Crippen LogP contribution is -2.57. The second-order valence-electron chi connectivity index (χ2n) is 6.31. The average molecular weight is 269 g/mol. The Kier molecular flexibility index (Phi) is 3.42. The van der Waals surface area contributed by atoms with Gasteiger partial charge in [0, 0.05) is 30.2 Å². The Hall–Kier alpha value is -0.650. The molecule has 1 aromatic rings. The molecule has 1 fully saturated rings. The van der Waals surface area contributed by atoms with Gasteiger partial charge in [-0.1, -0.05) is 0 Å². The summed E-state index contributed by atoms with van der Waals surface area (Å²) in [6.45, 7) is 12.2. The van der Waals surface area contributed by atoms with Crippen LogP contribution in [-0.2, 0) is 4.74 Å². The molecule has 0 spiro atoms. The molecule has 0 bridgehead atoms. The maximum Gasteiger partial charge on any atom is 0.185 e. The summed E-state index contributed by atoms with van der Waals surface area (Å²) in [6.07, 6.45) is 1.89. The number of thiazole rings is 1. The van der Waals surface area contributed by atoms with Gasteiger partial charge in [-0.3, -0.25) is 0 Å². The third-order valence-electron chi connectivity index (χ3n) is 2.93. The predicted octanol–water partition coefficient (Wildman–Crippen LogP) is 2.56. The van der Waals surface area contributed by atoms with Crippen molar-refractivity contribution in [3.63, 3.8) is 0 Å². The van der Waals surface area contributed by atoms with Crippen LogP contribution in [0.4, 0.5) is 5.13 Å². The van der Waals surface area contributed by atoms with Gasteiger partial charge in [0.15, 0.2) is 5.13 Å². The highest BCUT2D eigenvalue weighted by molar-refractivity contribution is 7.15. The Bertz CT molecular complexity index is 410. The molecule has 0 saturated carbocycles. The summed E-state index contributed by atoms with van der Waals surface area (Å²) in [5.74, 6) is 0. The van der Waals surface area contributed by atoms with Gasteiger partial charge >= 0.3 is 0 Å². The molecule has 0 aliphatic carbocycles. The van der Waals surface area contributed by atoms with Crippen molar-refractivity contribution in [3.8, 4) is 0 Å². The van der Waals surface area contributed by atoms with E-state index in [1.807, 2.05) is 13.1 Å². The van der Waals surface area contributed by atoms with Crippen molar-refractivity contribution in [2.75, 3.05) is 18.0 Å². The maximum atomic E-state index is 6.08. The van der Waals surface area contributed by atoms with Gasteiger partial charge in [0.25, 0.3) is 0 Å². The van der Waals surface area contributed by atoms with Crippen molar-refractivity contribution in [3.05, 3.63) is 11.1 Å². The summed E-state index contributed by atoms with van der Waals surface area (Å²) in [5, 5.41) is 1.05. The fraction of sp³-hybridized carbons (Fsp3) is 0.769. The number of ether oxygens (including phenoxy) is 1. The zero-order valence-electron chi connectivity index (χ0n) is 11.9. The first-order valence-corrected chi connectivity index (χ1v) is 7.17. The van der Waals surface area contributed by atoms with Crippen molar-refractivity contribution in [2.24, 2.45) is 5.73 Å². The quantitative estimate of drug-likeness (QED) is 0.896. The van der Waals surface area contributed by atoms with Crippen LogP contribution in [0.2, 0.25) is 0 Å². The van der Waals surface area contributed by atoms with E-state index in [1.54, 1.807) is 11.3 Å². The normalized spacial score (nSPS) is 24.0. The first kappa shape index (κ1) is 13.8. The molecule has 0 radical (unpaired) electrons. The van der Waals surface area contributed by atoms with Gasteiger partial charge in [-0.05, 0) is 34.6 Å². The van der Waals surface area contributed by atoms with E-state index >= 15 is 0 Å². The van der Waals surface area contributed by atoms with Crippen molar-refractivity contribution >= 4 is 16.5 Å². The zero-order chi connectivity index (χ0) is 13.6. The zero-order valence-corrected chi connectivity index (χ0v) is 12.7. The highest BCUT2D eigenvalue weighted by Gasteiger charge is 2.39. The summed E-state index contributed by atoms with van der Waals surface area (Å²) >= 11 is 1.68. The van der Waals surface area contributed by atoms with Gasteiger partial charge in [-0.2, -0.15) is 0 Å². The molecule has 1 aliphatic heterocycles. The average Bonchev–Trinajstić information content (AvgIpc) is 2.60. The van der Waals surface area contributed by atoms with Crippen LogP contribution in [0.3, 0.4) is 0 Å². The second kappa shape index (κ2) is 4.47. The van der Waals surface area contributed by atoms with Gasteiger partial charge in [0.1, 0.15) is 0 Å². The highest BCUT2D eigenvalue weighted by Crippen LogP contribution is 2.34. The van der Waals surface area contributed by atoms with Gasteiger partial charge in [0.05, 0.1) is 11.2 Å². The minimum Gasteiger partial charge on any atom is -0.366 e. The Morgan fingerprint density at radius 3 is 2.33 bits per heavy atom. The smallest absolute Gasteiger partial charge is 0.185 e. The van der Waals surface area contributed by atoms with Crippen LogP contribution in [0.5, 0.6) is 0 Å². The minimum atomic E-state index is -0.151. The number of nitrogens with two attached hydrogens (primary N) is 1. The van der Waals surface area contributed by atoms with Crippen molar-refractivity contribution in [2.45, 2.75) is 51.9 Å². The van der Waals surface area contributed by atoms with Crippen molar-refractivity contribution < 1.29 is 4.74 Å². The Morgan fingerprint density at radius 1 is 1.33 bits per heavy atom. The molecule has 0 amide bonds. The van der Waals surface area contributed by atoms with Crippen LogP contribution in [0.15, 0.2) is 6.20 Å². The third kappa shape index (κ3) is 3.02. The van der Waals surface area contributed by atoms with E-state index in [9.17, 15) is 0 Å². The fourth-order valence-corrected chi connectivity index (χ4v) is 3.42. The molecule has 102 valence electrons. The van der Waals surface area contributed by atoms with E-state index in [0.29, 0.717) is 0 Å². The molecular weight excluding hydrogens is 246 g/mol. The number of anilines is 1. The SMILES string of the molecule is CC(N)c1cnc(N2CC(C)(C)OC(C)(C)C2)s1. The summed E-state index contributed by atoms with van der Waals surface area (Å²) in [7, 11) is 0. The summed E-state index contributed by atoms with van der Waals surface area (Å²) in [5.41, 5.74) is 5.59. The Labute approximate surface area is 113 Å². The summed E-state index contributed by atoms with van der Waals surface area (Å²) in [6, 6.07) is 0.0540. The number of hydrogen-bond acceptors (Lipinski definition) is 5. The molecule has 4 nitrogen and oxygen atoms in total.